The zero-order valence-corrected chi connectivity index (χ0v) is 17.7. The van der Waals surface area contributed by atoms with Gasteiger partial charge in [-0.25, -0.2) is 0 Å². The van der Waals surface area contributed by atoms with Crippen LogP contribution in [-0.4, -0.2) is 29.1 Å². The molecule has 3 rings (SSSR count). The van der Waals surface area contributed by atoms with Gasteiger partial charge in [0.15, 0.2) is 6.10 Å². The lowest BCUT2D eigenvalue weighted by molar-refractivity contribution is -0.153. The first-order valence-corrected chi connectivity index (χ1v) is 10.3. The van der Waals surface area contributed by atoms with E-state index in [0.717, 1.165) is 33.0 Å². The molecule has 0 fully saturated rings. The monoisotopic (exact) mass is 412 g/mol. The van der Waals surface area contributed by atoms with Gasteiger partial charge in [-0.3, -0.25) is 14.4 Å². The van der Waals surface area contributed by atoms with Crippen LogP contribution >= 0.6 is 11.8 Å². The first-order valence-electron chi connectivity index (χ1n) is 9.39. The molecule has 0 bridgehead atoms. The third kappa shape index (κ3) is 4.98. The van der Waals surface area contributed by atoms with Crippen LogP contribution in [-0.2, 0) is 19.1 Å². The minimum Gasteiger partial charge on any atom is -0.452 e. The fourth-order valence-corrected chi connectivity index (χ4v) is 4.37. The van der Waals surface area contributed by atoms with Gasteiger partial charge in [0, 0.05) is 10.6 Å². The van der Waals surface area contributed by atoms with E-state index in [0.29, 0.717) is 0 Å². The molecule has 0 unspecified atom stereocenters. The van der Waals surface area contributed by atoms with Crippen molar-refractivity contribution in [1.29, 1.82) is 0 Å². The number of hydrogen-bond donors (Lipinski definition) is 2. The maximum Gasteiger partial charge on any atom is 0.308 e. The lowest BCUT2D eigenvalue weighted by Crippen LogP contribution is -2.34. The molecule has 29 heavy (non-hydrogen) atoms. The molecule has 7 heteroatoms. The zero-order chi connectivity index (χ0) is 21.1. The Hall–Kier alpha value is -2.80. The van der Waals surface area contributed by atoms with Gasteiger partial charge in [-0.2, -0.15) is 0 Å². The first-order chi connectivity index (χ1) is 13.7. The molecular weight excluding hydrogens is 388 g/mol. The number of thioether (sulfide) groups is 1. The molecule has 0 spiro atoms. The lowest BCUT2D eigenvalue weighted by Gasteiger charge is -2.24. The van der Waals surface area contributed by atoms with Crippen LogP contribution in [0.15, 0.2) is 41.3 Å². The molecule has 6 nitrogen and oxygen atoms in total. The summed E-state index contributed by atoms with van der Waals surface area (Å²) in [5.74, 6) is -1.23. The van der Waals surface area contributed by atoms with E-state index in [1.54, 1.807) is 0 Å². The molecule has 0 saturated carbocycles. The number of esters is 1. The van der Waals surface area contributed by atoms with Crippen LogP contribution in [0.2, 0.25) is 0 Å². The summed E-state index contributed by atoms with van der Waals surface area (Å²) in [6, 6.07) is 11.4. The van der Waals surface area contributed by atoms with Crippen LogP contribution in [0.1, 0.15) is 30.0 Å². The van der Waals surface area contributed by atoms with E-state index in [1.165, 1.54) is 18.7 Å². The number of anilines is 2. The minimum absolute atomic E-state index is 0.106. The van der Waals surface area contributed by atoms with E-state index < -0.39 is 23.2 Å². The van der Waals surface area contributed by atoms with Gasteiger partial charge < -0.3 is 15.4 Å². The van der Waals surface area contributed by atoms with Crippen LogP contribution in [0.4, 0.5) is 11.4 Å². The number of nitrogens with one attached hydrogen (secondary N) is 2. The number of rotatable bonds is 5. The summed E-state index contributed by atoms with van der Waals surface area (Å²) in [6.07, 6.45) is -1.07. The van der Waals surface area contributed by atoms with Gasteiger partial charge in [-0.05, 0) is 51.0 Å². The summed E-state index contributed by atoms with van der Waals surface area (Å²) >= 11 is 1.32. The fraction of sp³-hybridized carbons (Fsp3) is 0.318. The van der Waals surface area contributed by atoms with Crippen LogP contribution in [0.3, 0.4) is 0 Å². The van der Waals surface area contributed by atoms with Gasteiger partial charge >= 0.3 is 5.97 Å². The molecule has 2 amide bonds. The first kappa shape index (κ1) is 20.9. The van der Waals surface area contributed by atoms with Crippen LogP contribution in [0.25, 0.3) is 0 Å². The van der Waals surface area contributed by atoms with E-state index in [4.69, 9.17) is 4.74 Å². The predicted octanol–water partition coefficient (Wildman–Crippen LogP) is 3.99. The minimum atomic E-state index is -0.966. The number of carbonyl (C=O) groups is 3. The van der Waals surface area contributed by atoms with Crippen molar-refractivity contribution >= 4 is 40.9 Å². The van der Waals surface area contributed by atoms with E-state index in [2.05, 4.69) is 10.6 Å². The Balaban J connectivity index is 1.58. The van der Waals surface area contributed by atoms with E-state index in [1.807, 2.05) is 57.2 Å². The standard InChI is InChI=1S/C22H24N2O4S/c1-12-9-13(2)20(14(3)10-12)24-21(26)15(4)28-19(25)11-18-22(27)23-16-7-5-6-8-17(16)29-18/h5-10,15,18H,11H2,1-4H3,(H,23,27)(H,24,26)/t15-,18-/m0/s1. The average molecular weight is 413 g/mol. The van der Waals surface area contributed by atoms with Gasteiger partial charge in [0.2, 0.25) is 5.91 Å². The van der Waals surface area contributed by atoms with Crippen molar-refractivity contribution in [2.75, 3.05) is 10.6 Å². The zero-order valence-electron chi connectivity index (χ0n) is 16.9. The number of fused-ring (bicyclic) bond motifs is 1. The Bertz CT molecular complexity index is 950. The smallest absolute Gasteiger partial charge is 0.308 e. The number of aryl methyl sites for hydroxylation is 3. The molecule has 2 aromatic rings. The molecule has 1 heterocycles. The third-order valence-electron chi connectivity index (χ3n) is 4.66. The summed E-state index contributed by atoms with van der Waals surface area (Å²) in [4.78, 5) is 37.9. The van der Waals surface area contributed by atoms with Gasteiger partial charge in [0.05, 0.1) is 17.4 Å². The highest BCUT2D eigenvalue weighted by Crippen LogP contribution is 2.36. The van der Waals surface area contributed by atoms with Gasteiger partial charge in [-0.15, -0.1) is 11.8 Å². The summed E-state index contributed by atoms with van der Waals surface area (Å²) < 4.78 is 5.28. The second kappa shape index (κ2) is 8.69. The van der Waals surface area contributed by atoms with Gasteiger partial charge in [0.1, 0.15) is 0 Å². The number of amides is 2. The molecular formula is C22H24N2O4S. The number of benzene rings is 2. The van der Waals surface area contributed by atoms with Gasteiger partial charge in [-0.1, -0.05) is 29.8 Å². The largest absolute Gasteiger partial charge is 0.452 e. The fourth-order valence-electron chi connectivity index (χ4n) is 3.28. The van der Waals surface area contributed by atoms with Crippen LogP contribution in [0.5, 0.6) is 0 Å². The molecule has 152 valence electrons. The number of ether oxygens (including phenoxy) is 1. The SMILES string of the molecule is Cc1cc(C)c(NC(=O)[C@H](C)OC(=O)C[C@@H]2Sc3ccccc3NC2=O)c(C)c1. The Morgan fingerprint density at radius 3 is 2.52 bits per heavy atom. The number of hydrogen-bond acceptors (Lipinski definition) is 5. The maximum atomic E-state index is 12.5. The number of carbonyl (C=O) groups excluding carboxylic acids is 3. The highest BCUT2D eigenvalue weighted by molar-refractivity contribution is 8.01. The van der Waals surface area contributed by atoms with Crippen molar-refractivity contribution in [3.05, 3.63) is 53.1 Å². The van der Waals surface area contributed by atoms with Gasteiger partial charge in [0.25, 0.3) is 5.91 Å². The molecule has 2 N–H and O–H groups in total. The Morgan fingerprint density at radius 1 is 1.17 bits per heavy atom. The molecule has 2 atom stereocenters. The molecule has 1 aliphatic heterocycles. The molecule has 1 aliphatic rings. The Kier molecular flexibility index (Phi) is 6.27. The van der Waals surface area contributed by atoms with Crippen molar-refractivity contribution in [2.24, 2.45) is 0 Å². The van der Waals surface area contributed by atoms with Crippen molar-refractivity contribution < 1.29 is 19.1 Å². The summed E-state index contributed by atoms with van der Waals surface area (Å²) in [5, 5.41) is 5.04. The second-order valence-electron chi connectivity index (χ2n) is 7.19. The average Bonchev–Trinajstić information content (AvgIpc) is 2.64. The third-order valence-corrected chi connectivity index (χ3v) is 5.94. The normalized spacial score (nSPS) is 16.4. The van der Waals surface area contributed by atoms with Crippen LogP contribution in [0, 0.1) is 20.8 Å². The predicted molar refractivity (Wildman–Crippen MR) is 114 cm³/mol. The van der Waals surface area contributed by atoms with Crippen molar-refractivity contribution in [3.63, 3.8) is 0 Å². The highest BCUT2D eigenvalue weighted by atomic mass is 32.2. The molecule has 2 aromatic carbocycles. The summed E-state index contributed by atoms with van der Waals surface area (Å²) in [7, 11) is 0. The lowest BCUT2D eigenvalue weighted by atomic mass is 10.0. The molecule has 0 radical (unpaired) electrons. The number of para-hydroxylation sites is 1. The van der Waals surface area contributed by atoms with Crippen molar-refractivity contribution in [1.82, 2.24) is 0 Å². The Labute approximate surface area is 174 Å². The van der Waals surface area contributed by atoms with E-state index in [-0.39, 0.29) is 12.3 Å². The van der Waals surface area contributed by atoms with Crippen molar-refractivity contribution in [2.45, 2.75) is 50.4 Å². The topological polar surface area (TPSA) is 84.5 Å². The van der Waals surface area contributed by atoms with Crippen LogP contribution < -0.4 is 10.6 Å². The summed E-state index contributed by atoms with van der Waals surface area (Å²) in [5.41, 5.74) is 4.47. The highest BCUT2D eigenvalue weighted by Gasteiger charge is 2.30. The summed E-state index contributed by atoms with van der Waals surface area (Å²) in [6.45, 7) is 7.36. The second-order valence-corrected chi connectivity index (χ2v) is 8.44. The van der Waals surface area contributed by atoms with E-state index in [9.17, 15) is 14.4 Å². The molecule has 0 aliphatic carbocycles. The maximum absolute atomic E-state index is 12.5. The Morgan fingerprint density at radius 2 is 1.83 bits per heavy atom. The van der Waals surface area contributed by atoms with E-state index >= 15 is 0 Å². The van der Waals surface area contributed by atoms with Crippen molar-refractivity contribution in [3.8, 4) is 0 Å². The molecule has 0 aromatic heterocycles. The molecule has 0 saturated heterocycles. The quantitative estimate of drug-likeness (QED) is 0.726.